The quantitative estimate of drug-likeness (QED) is 0.121. The van der Waals surface area contributed by atoms with Crippen LogP contribution in [-0.4, -0.2) is 39.0 Å². The minimum atomic E-state index is 0.0729. The van der Waals surface area contributed by atoms with Crippen molar-refractivity contribution in [3.05, 3.63) is 320 Å². The summed E-state index contributed by atoms with van der Waals surface area (Å²) in [5, 5.41) is 9.83. The Kier molecular flexibility index (Phi) is 17.7. The molecule has 113 heavy (non-hydrogen) atoms. The van der Waals surface area contributed by atoms with E-state index in [2.05, 4.69) is 333 Å². The van der Waals surface area contributed by atoms with Gasteiger partial charge in [0.15, 0.2) is 0 Å². The molecule has 8 heteroatoms. The molecule has 0 saturated heterocycles. The van der Waals surface area contributed by atoms with Crippen molar-refractivity contribution < 1.29 is 0 Å². The normalized spacial score (nSPS) is 13.2. The highest BCUT2D eigenvalue weighted by atomic mass is 15.0. The maximum absolute atomic E-state index is 4.96. The summed E-state index contributed by atoms with van der Waals surface area (Å²) in [6.45, 7) is 40.5. The van der Waals surface area contributed by atoms with E-state index in [9.17, 15) is 0 Å². The first-order valence-corrected chi connectivity index (χ1v) is 39.9. The molecule has 0 bridgehead atoms. The van der Waals surface area contributed by atoms with Crippen LogP contribution in [0.3, 0.4) is 0 Å². The van der Waals surface area contributed by atoms with Gasteiger partial charge in [-0.15, -0.1) is 0 Å². The number of hydrogen-bond donors (Lipinski definition) is 0. The molecular formula is C105H94N8. The topological polar surface area (TPSA) is 87.2 Å². The molecule has 1 atom stereocenters. The summed E-state index contributed by atoms with van der Waals surface area (Å²) >= 11 is 0. The average molecular weight is 1470 g/mol. The molecular weight excluding hydrogens is 1370 g/mol. The van der Waals surface area contributed by atoms with Crippen molar-refractivity contribution in [2.24, 2.45) is 0 Å². The zero-order valence-corrected chi connectivity index (χ0v) is 68.3. The van der Waals surface area contributed by atoms with Gasteiger partial charge in [0.05, 0.1) is 11.0 Å². The number of pyridine rings is 2. The van der Waals surface area contributed by atoms with E-state index in [1.165, 1.54) is 193 Å². The third-order valence-corrected chi connectivity index (χ3v) is 25.1. The summed E-state index contributed by atoms with van der Waals surface area (Å²) in [7, 11) is 0. The molecule has 0 saturated carbocycles. The van der Waals surface area contributed by atoms with Crippen LogP contribution in [0.5, 0.6) is 0 Å². The zero-order chi connectivity index (χ0) is 78.4. The van der Waals surface area contributed by atoms with E-state index in [1.807, 2.05) is 6.92 Å². The van der Waals surface area contributed by atoms with Gasteiger partial charge in [-0.25, -0.2) is 19.9 Å². The van der Waals surface area contributed by atoms with Crippen molar-refractivity contribution >= 4 is 70.7 Å². The minimum Gasteiger partial charge on any atom is -0.341 e. The lowest BCUT2D eigenvalue weighted by Crippen LogP contribution is -2.09. The van der Waals surface area contributed by atoms with Gasteiger partial charge in [0.25, 0.3) is 0 Å². The molecule has 1 unspecified atom stereocenters. The number of hydrogen-bond acceptors (Lipinski definition) is 6. The van der Waals surface area contributed by atoms with Crippen molar-refractivity contribution in [3.63, 3.8) is 0 Å². The number of aromatic nitrogens is 8. The molecule has 0 fully saturated rings. The summed E-state index contributed by atoms with van der Waals surface area (Å²) in [5.41, 5.74) is 47.0. The van der Waals surface area contributed by atoms with Crippen LogP contribution in [0.4, 0.5) is 0 Å². The number of aryl methyl sites for hydroxylation is 14. The fourth-order valence-electron chi connectivity index (χ4n) is 19.7. The maximum atomic E-state index is 4.96. The Balaban J connectivity index is 0.771. The van der Waals surface area contributed by atoms with E-state index in [1.54, 1.807) is 6.33 Å². The second kappa shape index (κ2) is 27.7. The first-order chi connectivity index (χ1) is 54.5. The van der Waals surface area contributed by atoms with Crippen LogP contribution in [-0.2, 0) is 6.54 Å². The highest BCUT2D eigenvalue weighted by Crippen LogP contribution is 2.52. The van der Waals surface area contributed by atoms with Crippen molar-refractivity contribution in [2.75, 3.05) is 0 Å². The van der Waals surface area contributed by atoms with Crippen molar-refractivity contribution in [3.8, 4) is 94.7 Å². The fraction of sp³-hybridized carbons (Fsp3) is 0.200. The second-order valence-electron chi connectivity index (χ2n) is 32.2. The van der Waals surface area contributed by atoms with Crippen LogP contribution < -0.4 is 0 Å². The van der Waals surface area contributed by atoms with Crippen LogP contribution in [0, 0.1) is 118 Å². The first kappa shape index (κ1) is 72.0. The lowest BCUT2D eigenvalue weighted by Gasteiger charge is -2.26. The van der Waals surface area contributed by atoms with Gasteiger partial charge in [-0.1, -0.05) is 121 Å². The van der Waals surface area contributed by atoms with Crippen LogP contribution in [0.2, 0.25) is 0 Å². The highest BCUT2D eigenvalue weighted by Gasteiger charge is 2.32. The molecule has 1 aliphatic carbocycles. The van der Waals surface area contributed by atoms with E-state index in [4.69, 9.17) is 29.9 Å². The van der Waals surface area contributed by atoms with Crippen LogP contribution in [0.25, 0.3) is 165 Å². The molecule has 554 valence electrons. The monoisotopic (exact) mass is 1470 g/mol. The van der Waals surface area contributed by atoms with E-state index in [-0.39, 0.29) is 5.92 Å². The Morgan fingerprint density at radius 3 is 1.39 bits per heavy atom. The molecule has 0 N–H and O–H groups in total. The third kappa shape index (κ3) is 12.0. The molecule has 6 heterocycles. The molecule has 0 radical (unpaired) electrons. The van der Waals surface area contributed by atoms with E-state index >= 15 is 0 Å². The molecule has 17 aromatic rings. The smallest absolute Gasteiger partial charge is 0.125 e. The summed E-state index contributed by atoms with van der Waals surface area (Å²) < 4.78 is 5.15. The van der Waals surface area contributed by atoms with Gasteiger partial charge >= 0.3 is 0 Å². The van der Waals surface area contributed by atoms with Crippen molar-refractivity contribution in [2.45, 2.75) is 144 Å². The largest absolute Gasteiger partial charge is 0.341 e. The molecule has 11 aromatic carbocycles. The van der Waals surface area contributed by atoms with Crippen LogP contribution in [0.15, 0.2) is 213 Å². The average Bonchev–Trinajstić information content (AvgIpc) is 1.54. The Morgan fingerprint density at radius 2 is 0.823 bits per heavy atom. The predicted octanol–water partition coefficient (Wildman–Crippen LogP) is 27.3. The summed E-state index contributed by atoms with van der Waals surface area (Å²) in [6, 6.07) is 72.0. The molecule has 0 spiro atoms. The minimum absolute atomic E-state index is 0.0729. The van der Waals surface area contributed by atoms with Gasteiger partial charge < -0.3 is 9.13 Å². The van der Waals surface area contributed by atoms with Crippen LogP contribution in [0.1, 0.15) is 126 Å². The molecule has 6 aromatic heterocycles. The Labute approximate surface area is 663 Å². The van der Waals surface area contributed by atoms with Gasteiger partial charge in [0.1, 0.15) is 12.2 Å². The number of benzene rings is 11. The number of allylic oxidation sites excluding steroid dienone is 4. The van der Waals surface area contributed by atoms with Gasteiger partial charge in [-0.3, -0.25) is 9.97 Å². The molecule has 8 nitrogen and oxygen atoms in total. The highest BCUT2D eigenvalue weighted by molar-refractivity contribution is 6.21. The second-order valence-corrected chi connectivity index (χ2v) is 32.2. The lowest BCUT2D eigenvalue weighted by atomic mass is 9.78. The van der Waals surface area contributed by atoms with Crippen molar-refractivity contribution in [1.29, 1.82) is 0 Å². The van der Waals surface area contributed by atoms with Gasteiger partial charge in [-0.2, -0.15) is 0 Å². The standard InChI is InChI=1S/C105H94N8/c1-19-112-94-41-39-78(52-92(94)93-53-90(79-24-20-26-81(47-79)96-56(2)42-58(4)108-68(96)14)91(54-95(93)112)80-25-21-27-82(48-80)97-57(3)43-59(5)109-69(97)15)77-37-33-73-32-35-75(44-87(73)45-77)76-36-34-74-38-40-89(51-88(74)46-76)113-104-64(10)60(6)62(8)98(83-28-22-30-85(49-83)100-66(12)106-55-107-67(100)13)102(104)103-99(63(9)61(7)65(11)105(103)113)84-29-23-31-86(50-84)101-70(16)110-72(18)111-71(101)17/h20-48,50-55,83H,19,49H2,1-18H3. The number of fused-ring (bicyclic) bond motifs is 8. The maximum Gasteiger partial charge on any atom is 0.125 e. The summed E-state index contributed by atoms with van der Waals surface area (Å²) in [4.78, 5) is 29.2. The van der Waals surface area contributed by atoms with Gasteiger partial charge in [0, 0.05) is 119 Å². The SMILES string of the molecule is CCn1c2ccc(-c3ccc4ccc(-c5ccc6ccc(-n7c8c(C)c(C)c(C)c(-c9cccc(-c%10c(C)nc(C)nc%10C)c9)c8c8c(C9C=CC=C(c%10c(C)ncnc%10C)C9)c(C)c(C)c(C)c87)cc6c5)cc4c3)cc2c2cc(-c3cccc(-c4c(C)cc(C)nc4C)c3)c(-c3cccc(-c4c(C)cc(C)nc4C)c3)cc21. The van der Waals surface area contributed by atoms with E-state index in [0.29, 0.717) is 0 Å². The van der Waals surface area contributed by atoms with Crippen LogP contribution >= 0.6 is 0 Å². The Hall–Kier alpha value is -12.5. The number of rotatable bonds is 12. The first-order valence-electron chi connectivity index (χ1n) is 39.9. The zero-order valence-electron chi connectivity index (χ0n) is 68.3. The van der Waals surface area contributed by atoms with Crippen molar-refractivity contribution in [1.82, 2.24) is 39.0 Å². The van der Waals surface area contributed by atoms with Gasteiger partial charge in [-0.05, 0) is 365 Å². The number of nitrogens with zero attached hydrogens (tertiary/aromatic N) is 8. The predicted molar refractivity (Wildman–Crippen MR) is 476 cm³/mol. The van der Waals surface area contributed by atoms with E-state index < -0.39 is 0 Å². The lowest BCUT2D eigenvalue weighted by molar-refractivity contribution is 0.827. The fourth-order valence-corrected chi connectivity index (χ4v) is 19.7. The van der Waals surface area contributed by atoms with Gasteiger partial charge in [0.2, 0.25) is 0 Å². The molecule has 1 aliphatic rings. The van der Waals surface area contributed by atoms with E-state index in [0.717, 1.165) is 92.3 Å². The Morgan fingerprint density at radius 1 is 0.354 bits per heavy atom. The Bertz CT molecular complexity index is 6930. The molecule has 18 rings (SSSR count). The summed E-state index contributed by atoms with van der Waals surface area (Å²) in [5.74, 6) is 0.860. The summed E-state index contributed by atoms with van der Waals surface area (Å²) in [6.07, 6.45) is 9.53. The third-order valence-electron chi connectivity index (χ3n) is 25.1. The molecule has 0 aliphatic heterocycles. The molecule has 0 amide bonds.